The van der Waals surface area contributed by atoms with Crippen LogP contribution in [-0.2, 0) is 18.6 Å². The van der Waals surface area contributed by atoms with Crippen LogP contribution in [0.15, 0.2) is 47.5 Å². The van der Waals surface area contributed by atoms with Crippen molar-refractivity contribution in [2.45, 2.75) is 72.6 Å². The Hall–Kier alpha value is -3.39. The standard InChI is InChI=1S/C26H33N7O/c1-7-23(24-29-30-31-33(24)26(4,5)6)32(15-19-9-8-10-27-14-19)16-20-13-21-18(3)11-17(2)12-22(21)28-25(20)34/h8-14,23H,7,15-16H2,1-6H3,(H,28,34). The number of nitrogens with one attached hydrogen (secondary N) is 1. The molecule has 4 aromatic rings. The molecule has 4 rings (SSSR count). The highest BCUT2D eigenvalue weighted by Gasteiger charge is 2.29. The number of aromatic nitrogens is 6. The maximum absolute atomic E-state index is 13.1. The predicted molar refractivity (Wildman–Crippen MR) is 133 cm³/mol. The summed E-state index contributed by atoms with van der Waals surface area (Å²) < 4.78 is 1.88. The number of fused-ring (bicyclic) bond motifs is 1. The van der Waals surface area contributed by atoms with Crippen LogP contribution in [-0.4, -0.2) is 35.1 Å². The van der Waals surface area contributed by atoms with Crippen LogP contribution in [0.4, 0.5) is 0 Å². The maximum atomic E-state index is 13.1. The number of hydrogen-bond donors (Lipinski definition) is 1. The second-order valence-electron chi connectivity index (χ2n) is 9.98. The van der Waals surface area contributed by atoms with E-state index < -0.39 is 0 Å². The Balaban J connectivity index is 1.79. The van der Waals surface area contributed by atoms with Crippen molar-refractivity contribution < 1.29 is 0 Å². The van der Waals surface area contributed by atoms with Crippen LogP contribution in [0.2, 0.25) is 0 Å². The Kier molecular flexibility index (Phi) is 6.61. The number of tetrazole rings is 1. The summed E-state index contributed by atoms with van der Waals surface area (Å²) in [6, 6.07) is 10.1. The van der Waals surface area contributed by atoms with E-state index in [1.54, 1.807) is 6.20 Å². The molecule has 8 heteroatoms. The SMILES string of the molecule is CCC(c1nnnn1C(C)(C)C)N(Cc1cccnc1)Cc1cc2c(C)cc(C)cc2[nH]c1=O. The van der Waals surface area contributed by atoms with Gasteiger partial charge in [-0.2, -0.15) is 0 Å². The van der Waals surface area contributed by atoms with Gasteiger partial charge in [0.05, 0.1) is 11.6 Å². The monoisotopic (exact) mass is 459 g/mol. The number of nitrogens with zero attached hydrogens (tertiary/aromatic N) is 6. The van der Waals surface area contributed by atoms with Crippen molar-refractivity contribution in [2.75, 3.05) is 0 Å². The van der Waals surface area contributed by atoms with Crippen LogP contribution < -0.4 is 5.56 Å². The molecular formula is C26H33N7O. The summed E-state index contributed by atoms with van der Waals surface area (Å²) in [5.41, 5.74) is 4.60. The fraction of sp³-hybridized carbons (Fsp3) is 0.423. The first kappa shape index (κ1) is 23.8. The molecule has 0 aliphatic rings. The Morgan fingerprint density at radius 3 is 2.62 bits per heavy atom. The molecule has 3 aromatic heterocycles. The molecule has 0 aliphatic heterocycles. The van der Waals surface area contributed by atoms with Crippen molar-refractivity contribution in [2.24, 2.45) is 0 Å². The lowest BCUT2D eigenvalue weighted by molar-refractivity contribution is 0.153. The topological polar surface area (TPSA) is 92.6 Å². The summed E-state index contributed by atoms with van der Waals surface area (Å²) in [5.74, 6) is 0.794. The summed E-state index contributed by atoms with van der Waals surface area (Å²) in [6.45, 7) is 13.6. The molecule has 1 aromatic carbocycles. The smallest absolute Gasteiger partial charge is 0.252 e. The van der Waals surface area contributed by atoms with Crippen LogP contribution in [0.5, 0.6) is 0 Å². The molecule has 0 fully saturated rings. The molecule has 1 atom stereocenters. The summed E-state index contributed by atoms with van der Waals surface area (Å²) in [7, 11) is 0. The maximum Gasteiger partial charge on any atom is 0.252 e. The minimum absolute atomic E-state index is 0.0704. The molecule has 1 unspecified atom stereocenters. The van der Waals surface area contributed by atoms with Gasteiger partial charge in [-0.3, -0.25) is 14.7 Å². The Morgan fingerprint density at radius 2 is 1.94 bits per heavy atom. The number of aromatic amines is 1. The lowest BCUT2D eigenvalue weighted by atomic mass is 10.0. The summed E-state index contributed by atoms with van der Waals surface area (Å²) >= 11 is 0. The summed E-state index contributed by atoms with van der Waals surface area (Å²) in [5, 5.41) is 13.7. The van der Waals surface area contributed by atoms with Crippen LogP contribution in [0.3, 0.4) is 0 Å². The molecule has 178 valence electrons. The van der Waals surface area contributed by atoms with E-state index in [-0.39, 0.29) is 17.1 Å². The van der Waals surface area contributed by atoms with E-state index in [9.17, 15) is 4.79 Å². The number of benzene rings is 1. The molecule has 0 radical (unpaired) electrons. The molecule has 0 bridgehead atoms. The third-order valence-corrected chi connectivity index (χ3v) is 6.13. The first-order chi connectivity index (χ1) is 16.2. The molecule has 0 amide bonds. The van der Waals surface area contributed by atoms with E-state index in [4.69, 9.17) is 0 Å². The van der Waals surface area contributed by atoms with Crippen LogP contribution in [0, 0.1) is 13.8 Å². The van der Waals surface area contributed by atoms with Crippen molar-refractivity contribution in [1.82, 2.24) is 35.1 Å². The first-order valence-electron chi connectivity index (χ1n) is 11.7. The number of pyridine rings is 2. The van der Waals surface area contributed by atoms with Crippen molar-refractivity contribution in [3.05, 3.63) is 81.2 Å². The molecule has 1 N–H and O–H groups in total. The van der Waals surface area contributed by atoms with Crippen LogP contribution in [0.25, 0.3) is 10.9 Å². The van der Waals surface area contributed by atoms with Gasteiger partial charge in [0.2, 0.25) is 0 Å². The van der Waals surface area contributed by atoms with Crippen LogP contribution >= 0.6 is 0 Å². The molecule has 0 saturated carbocycles. The Bertz CT molecular complexity index is 1340. The fourth-order valence-electron chi connectivity index (χ4n) is 4.54. The molecule has 3 heterocycles. The number of rotatable bonds is 7. The minimum atomic E-state index is -0.262. The molecule has 0 aliphatic carbocycles. The normalized spacial score (nSPS) is 13.0. The van der Waals surface area contributed by atoms with Gasteiger partial charge in [0.1, 0.15) is 0 Å². The zero-order valence-electron chi connectivity index (χ0n) is 20.8. The average molecular weight is 460 g/mol. The number of H-pyrrole nitrogens is 1. The van der Waals surface area contributed by atoms with E-state index in [0.29, 0.717) is 13.1 Å². The number of hydrogen-bond acceptors (Lipinski definition) is 6. The fourth-order valence-corrected chi connectivity index (χ4v) is 4.54. The van der Waals surface area contributed by atoms with E-state index in [1.807, 2.05) is 36.0 Å². The molecular weight excluding hydrogens is 426 g/mol. The highest BCUT2D eigenvalue weighted by atomic mass is 16.1. The lowest BCUT2D eigenvalue weighted by Crippen LogP contribution is -2.35. The van der Waals surface area contributed by atoms with E-state index in [2.05, 4.69) is 77.1 Å². The highest BCUT2D eigenvalue weighted by molar-refractivity contribution is 5.83. The van der Waals surface area contributed by atoms with Gasteiger partial charge in [0.25, 0.3) is 5.56 Å². The molecule has 34 heavy (non-hydrogen) atoms. The van der Waals surface area contributed by atoms with Crippen LogP contribution in [0.1, 0.15) is 68.2 Å². The van der Waals surface area contributed by atoms with Crippen molar-refractivity contribution >= 4 is 10.9 Å². The third kappa shape index (κ3) is 4.92. The van der Waals surface area contributed by atoms with E-state index >= 15 is 0 Å². The summed E-state index contributed by atoms with van der Waals surface area (Å²) in [6.07, 6.45) is 4.43. The van der Waals surface area contributed by atoms with Crippen molar-refractivity contribution in [1.29, 1.82) is 0 Å². The number of aryl methyl sites for hydroxylation is 2. The van der Waals surface area contributed by atoms with Gasteiger partial charge in [-0.15, -0.1) is 5.10 Å². The largest absolute Gasteiger partial charge is 0.322 e. The second kappa shape index (κ2) is 9.46. The van der Waals surface area contributed by atoms with Crippen molar-refractivity contribution in [3.8, 4) is 0 Å². The Morgan fingerprint density at radius 1 is 1.15 bits per heavy atom. The van der Waals surface area contributed by atoms with Gasteiger partial charge < -0.3 is 4.98 Å². The average Bonchev–Trinajstić information content (AvgIpc) is 3.26. The second-order valence-corrected chi connectivity index (χ2v) is 9.98. The Labute approximate surface area is 200 Å². The molecule has 0 spiro atoms. The highest BCUT2D eigenvalue weighted by Crippen LogP contribution is 2.29. The zero-order valence-corrected chi connectivity index (χ0v) is 20.8. The summed E-state index contributed by atoms with van der Waals surface area (Å²) in [4.78, 5) is 22.8. The van der Waals surface area contributed by atoms with E-state index in [0.717, 1.165) is 45.4 Å². The van der Waals surface area contributed by atoms with Crippen molar-refractivity contribution in [3.63, 3.8) is 0 Å². The minimum Gasteiger partial charge on any atom is -0.322 e. The van der Waals surface area contributed by atoms with Gasteiger partial charge in [0, 0.05) is 41.9 Å². The van der Waals surface area contributed by atoms with Gasteiger partial charge in [-0.25, -0.2) is 4.68 Å². The third-order valence-electron chi connectivity index (χ3n) is 6.13. The van der Waals surface area contributed by atoms with Gasteiger partial charge in [-0.1, -0.05) is 19.1 Å². The lowest BCUT2D eigenvalue weighted by Gasteiger charge is -2.32. The van der Waals surface area contributed by atoms with E-state index in [1.165, 1.54) is 0 Å². The molecule has 8 nitrogen and oxygen atoms in total. The van der Waals surface area contributed by atoms with Gasteiger partial charge in [0.15, 0.2) is 5.82 Å². The predicted octanol–water partition coefficient (Wildman–Crippen LogP) is 4.43. The quantitative estimate of drug-likeness (QED) is 0.439. The molecule has 0 saturated heterocycles. The zero-order chi connectivity index (χ0) is 24.5. The van der Waals surface area contributed by atoms with Gasteiger partial charge >= 0.3 is 0 Å². The van der Waals surface area contributed by atoms with Gasteiger partial charge in [-0.05, 0) is 86.4 Å². The first-order valence-corrected chi connectivity index (χ1v) is 11.7.